The lowest BCUT2D eigenvalue weighted by atomic mass is 10.1. The molecule has 0 bridgehead atoms. The van der Waals surface area contributed by atoms with Crippen molar-refractivity contribution in [3.63, 3.8) is 0 Å². The minimum Gasteiger partial charge on any atom is -0.346 e. The van der Waals surface area contributed by atoms with Crippen LogP contribution in [0, 0.1) is 6.92 Å². The molecule has 0 radical (unpaired) electrons. The monoisotopic (exact) mass is 366 g/mol. The molecule has 1 heterocycles. The highest BCUT2D eigenvalue weighted by atomic mass is 32.1. The summed E-state index contributed by atoms with van der Waals surface area (Å²) in [5.74, 6) is -0.546. The second-order valence-electron chi connectivity index (χ2n) is 5.77. The van der Waals surface area contributed by atoms with E-state index in [4.69, 9.17) is 0 Å². The third-order valence-corrected chi connectivity index (χ3v) is 4.59. The molecule has 0 aliphatic rings. The number of carbonyl (C=O) groups is 2. The molecule has 26 heavy (non-hydrogen) atoms. The van der Waals surface area contributed by atoms with Crippen LogP contribution in [0.2, 0.25) is 0 Å². The van der Waals surface area contributed by atoms with Crippen LogP contribution in [0.25, 0.3) is 0 Å². The van der Waals surface area contributed by atoms with E-state index >= 15 is 0 Å². The van der Waals surface area contributed by atoms with Crippen molar-refractivity contribution in [1.29, 1.82) is 0 Å². The molecular formula is C19H18N4O2S. The fourth-order valence-electron chi connectivity index (χ4n) is 2.42. The Labute approximate surface area is 155 Å². The number of nitrogens with one attached hydrogen (secondary N) is 2. The van der Waals surface area contributed by atoms with Crippen molar-refractivity contribution in [2.75, 3.05) is 5.32 Å². The van der Waals surface area contributed by atoms with E-state index < -0.39 is 0 Å². The smallest absolute Gasteiger partial charge is 0.286 e. The van der Waals surface area contributed by atoms with Gasteiger partial charge in [-0.05, 0) is 37.6 Å². The molecule has 0 aliphatic heterocycles. The van der Waals surface area contributed by atoms with Crippen LogP contribution >= 0.6 is 11.3 Å². The van der Waals surface area contributed by atoms with Gasteiger partial charge in [0.2, 0.25) is 5.01 Å². The molecule has 2 aromatic carbocycles. The van der Waals surface area contributed by atoms with Crippen LogP contribution in [0.15, 0.2) is 54.6 Å². The highest BCUT2D eigenvalue weighted by Crippen LogP contribution is 2.16. The number of carbonyl (C=O) groups excluding carboxylic acids is 2. The predicted molar refractivity (Wildman–Crippen MR) is 101 cm³/mol. The first-order chi connectivity index (χ1) is 12.5. The molecule has 0 saturated heterocycles. The van der Waals surface area contributed by atoms with Gasteiger partial charge in [0.15, 0.2) is 0 Å². The highest BCUT2D eigenvalue weighted by molar-refractivity contribution is 7.13. The zero-order chi connectivity index (χ0) is 18.5. The van der Waals surface area contributed by atoms with Crippen molar-refractivity contribution in [3.8, 4) is 0 Å². The van der Waals surface area contributed by atoms with Gasteiger partial charge >= 0.3 is 0 Å². The molecule has 1 unspecified atom stereocenters. The maximum Gasteiger partial charge on any atom is 0.286 e. The van der Waals surface area contributed by atoms with E-state index in [0.29, 0.717) is 11.3 Å². The van der Waals surface area contributed by atoms with Crippen molar-refractivity contribution in [2.24, 2.45) is 0 Å². The first-order valence-corrected chi connectivity index (χ1v) is 8.92. The Bertz CT molecular complexity index is 924. The second-order valence-corrected chi connectivity index (χ2v) is 6.95. The molecule has 0 aliphatic carbocycles. The van der Waals surface area contributed by atoms with Crippen molar-refractivity contribution in [3.05, 3.63) is 75.7 Å². The first-order valence-electron chi connectivity index (χ1n) is 8.10. The lowest BCUT2D eigenvalue weighted by Gasteiger charge is -2.14. The van der Waals surface area contributed by atoms with E-state index in [1.165, 1.54) is 11.3 Å². The fourth-order valence-corrected chi connectivity index (χ4v) is 3.00. The molecule has 2 N–H and O–H groups in total. The molecule has 132 valence electrons. The molecule has 7 heteroatoms. The van der Waals surface area contributed by atoms with Gasteiger partial charge in [-0.25, -0.2) is 0 Å². The highest BCUT2D eigenvalue weighted by Gasteiger charge is 2.14. The quantitative estimate of drug-likeness (QED) is 0.723. The Morgan fingerprint density at radius 2 is 1.77 bits per heavy atom. The summed E-state index contributed by atoms with van der Waals surface area (Å²) in [6.07, 6.45) is 0. The van der Waals surface area contributed by atoms with Gasteiger partial charge in [0.1, 0.15) is 5.01 Å². The standard InChI is InChI=1S/C19H18N4O2S/c1-12(14-7-4-3-5-8-14)20-17(24)15-9-6-10-16(11-15)21-18(25)19-23-22-13(2)26-19/h3-12H,1-2H3,(H,20,24)(H,21,25). The lowest BCUT2D eigenvalue weighted by Crippen LogP contribution is -2.26. The number of benzene rings is 2. The van der Waals surface area contributed by atoms with Crippen LogP contribution in [0.5, 0.6) is 0 Å². The normalized spacial score (nSPS) is 11.6. The Morgan fingerprint density at radius 1 is 1.00 bits per heavy atom. The summed E-state index contributed by atoms with van der Waals surface area (Å²) >= 11 is 1.22. The number of aromatic nitrogens is 2. The minimum atomic E-state index is -0.342. The number of hydrogen-bond acceptors (Lipinski definition) is 5. The van der Waals surface area contributed by atoms with Gasteiger partial charge in [0.25, 0.3) is 11.8 Å². The van der Waals surface area contributed by atoms with E-state index in [9.17, 15) is 9.59 Å². The van der Waals surface area contributed by atoms with Crippen LogP contribution < -0.4 is 10.6 Å². The first kappa shape index (κ1) is 17.8. The summed E-state index contributed by atoms with van der Waals surface area (Å²) in [7, 11) is 0. The number of rotatable bonds is 5. The van der Waals surface area contributed by atoms with E-state index in [0.717, 1.165) is 10.6 Å². The van der Waals surface area contributed by atoms with Crippen LogP contribution in [0.3, 0.4) is 0 Å². The molecular weight excluding hydrogens is 348 g/mol. The third-order valence-electron chi connectivity index (χ3n) is 3.75. The van der Waals surface area contributed by atoms with E-state index in [-0.39, 0.29) is 22.9 Å². The maximum atomic E-state index is 12.5. The summed E-state index contributed by atoms with van der Waals surface area (Å²) in [6, 6.07) is 16.4. The van der Waals surface area contributed by atoms with Crippen molar-refractivity contribution >= 4 is 28.8 Å². The molecule has 0 fully saturated rings. The van der Waals surface area contributed by atoms with Gasteiger partial charge in [-0.3, -0.25) is 9.59 Å². The van der Waals surface area contributed by atoms with Gasteiger partial charge in [0, 0.05) is 11.3 Å². The molecule has 1 aromatic heterocycles. The third kappa shape index (κ3) is 4.31. The Morgan fingerprint density at radius 3 is 2.46 bits per heavy atom. The number of hydrogen-bond donors (Lipinski definition) is 2. The number of nitrogens with zero attached hydrogens (tertiary/aromatic N) is 2. The number of aryl methyl sites for hydroxylation is 1. The van der Waals surface area contributed by atoms with Crippen molar-refractivity contribution in [2.45, 2.75) is 19.9 Å². The average Bonchev–Trinajstić information content (AvgIpc) is 3.09. The molecule has 0 spiro atoms. The van der Waals surface area contributed by atoms with Gasteiger partial charge in [-0.15, -0.1) is 10.2 Å². The van der Waals surface area contributed by atoms with Gasteiger partial charge in [0.05, 0.1) is 6.04 Å². The van der Waals surface area contributed by atoms with Gasteiger partial charge in [-0.2, -0.15) is 0 Å². The predicted octanol–water partition coefficient (Wildman–Crippen LogP) is 3.59. The summed E-state index contributed by atoms with van der Waals surface area (Å²) in [4.78, 5) is 24.7. The Balaban J connectivity index is 1.68. The lowest BCUT2D eigenvalue weighted by molar-refractivity contribution is 0.0938. The van der Waals surface area contributed by atoms with Crippen LogP contribution in [0.4, 0.5) is 5.69 Å². The second kappa shape index (κ2) is 7.88. The largest absolute Gasteiger partial charge is 0.346 e. The summed E-state index contributed by atoms with van der Waals surface area (Å²) in [5, 5.41) is 14.4. The van der Waals surface area contributed by atoms with E-state index in [2.05, 4.69) is 20.8 Å². The fraction of sp³-hybridized carbons (Fsp3) is 0.158. The van der Waals surface area contributed by atoms with Crippen molar-refractivity contribution < 1.29 is 9.59 Å². The van der Waals surface area contributed by atoms with Crippen LogP contribution in [-0.4, -0.2) is 22.0 Å². The molecule has 1 atom stereocenters. The average molecular weight is 366 g/mol. The van der Waals surface area contributed by atoms with Crippen molar-refractivity contribution in [1.82, 2.24) is 15.5 Å². The molecule has 2 amide bonds. The molecule has 3 rings (SSSR count). The minimum absolute atomic E-state index is 0.119. The maximum absolute atomic E-state index is 12.5. The van der Waals surface area contributed by atoms with Gasteiger partial charge in [-0.1, -0.05) is 47.7 Å². The Kier molecular flexibility index (Phi) is 5.38. The summed E-state index contributed by atoms with van der Waals surface area (Å²) < 4.78 is 0. The van der Waals surface area contributed by atoms with Crippen LogP contribution in [-0.2, 0) is 0 Å². The zero-order valence-electron chi connectivity index (χ0n) is 14.4. The van der Waals surface area contributed by atoms with E-state index in [1.807, 2.05) is 37.3 Å². The number of amides is 2. The van der Waals surface area contributed by atoms with Gasteiger partial charge < -0.3 is 10.6 Å². The summed E-state index contributed by atoms with van der Waals surface area (Å²) in [5.41, 5.74) is 2.03. The number of anilines is 1. The molecule has 6 nitrogen and oxygen atoms in total. The molecule has 0 saturated carbocycles. The topological polar surface area (TPSA) is 84.0 Å². The zero-order valence-corrected chi connectivity index (χ0v) is 15.2. The SMILES string of the molecule is Cc1nnc(C(=O)Nc2cccc(C(=O)NC(C)c3ccccc3)c2)s1. The van der Waals surface area contributed by atoms with Crippen LogP contribution in [0.1, 0.15) is 43.7 Å². The summed E-state index contributed by atoms with van der Waals surface area (Å²) in [6.45, 7) is 3.71. The molecule has 3 aromatic rings. The van der Waals surface area contributed by atoms with E-state index in [1.54, 1.807) is 31.2 Å². The Hall–Kier alpha value is -3.06.